The lowest BCUT2D eigenvalue weighted by Gasteiger charge is -2.25. The van der Waals surface area contributed by atoms with Crippen LogP contribution in [-0.4, -0.2) is 11.2 Å². The van der Waals surface area contributed by atoms with Crippen molar-refractivity contribution in [3.63, 3.8) is 0 Å². The molecule has 0 saturated carbocycles. The van der Waals surface area contributed by atoms with Gasteiger partial charge in [0.25, 0.3) is 0 Å². The van der Waals surface area contributed by atoms with Crippen LogP contribution in [0.3, 0.4) is 0 Å². The predicted molar refractivity (Wildman–Crippen MR) is 54.7 cm³/mol. The van der Waals surface area contributed by atoms with Crippen molar-refractivity contribution in [3.8, 4) is 0 Å². The third-order valence-electron chi connectivity index (χ3n) is 2.34. The number of hydrogen-bond acceptors (Lipinski definition) is 2. The van der Waals surface area contributed by atoms with Crippen molar-refractivity contribution >= 4 is 15.1 Å². The molecule has 0 saturated heterocycles. The maximum Gasteiger partial charge on any atom is 0.0362 e. The van der Waals surface area contributed by atoms with Crippen LogP contribution < -0.4 is 5.73 Å². The lowest BCUT2D eigenvalue weighted by Crippen LogP contribution is -2.22. The molecule has 1 aliphatic rings. The molecular formula is C9H13N2P. The summed E-state index contributed by atoms with van der Waals surface area (Å²) in [6, 6.07) is 6.18. The van der Waals surface area contributed by atoms with E-state index in [0.29, 0.717) is 0 Å². The molecule has 0 bridgehead atoms. The Morgan fingerprint density at radius 2 is 2.25 bits per heavy atom. The third-order valence-corrected chi connectivity index (χ3v) is 2.78. The van der Waals surface area contributed by atoms with E-state index in [9.17, 15) is 0 Å². The van der Waals surface area contributed by atoms with Gasteiger partial charge in [0.15, 0.2) is 0 Å². The maximum atomic E-state index is 5.87. The summed E-state index contributed by atoms with van der Waals surface area (Å²) < 4.78 is 2.22. The van der Waals surface area contributed by atoms with Crippen LogP contribution in [0.5, 0.6) is 0 Å². The van der Waals surface area contributed by atoms with Crippen LogP contribution in [0.4, 0.5) is 5.69 Å². The van der Waals surface area contributed by atoms with E-state index in [0.717, 1.165) is 25.2 Å². The molecular weight excluding hydrogens is 167 g/mol. The van der Waals surface area contributed by atoms with Gasteiger partial charge in [0.2, 0.25) is 0 Å². The lowest BCUT2D eigenvalue weighted by molar-refractivity contribution is 0.444. The van der Waals surface area contributed by atoms with E-state index < -0.39 is 0 Å². The van der Waals surface area contributed by atoms with E-state index in [2.05, 4.69) is 20.1 Å². The van der Waals surface area contributed by atoms with Crippen LogP contribution in [0, 0.1) is 0 Å². The van der Waals surface area contributed by atoms with Crippen molar-refractivity contribution in [2.45, 2.75) is 13.0 Å². The van der Waals surface area contributed by atoms with Gasteiger partial charge in [0, 0.05) is 18.8 Å². The third kappa shape index (κ3) is 1.33. The minimum atomic E-state index is 0.930. The van der Waals surface area contributed by atoms with Gasteiger partial charge < -0.3 is 5.73 Å². The summed E-state index contributed by atoms with van der Waals surface area (Å²) in [6.45, 7) is 2.08. The van der Waals surface area contributed by atoms with E-state index >= 15 is 0 Å². The Bertz CT molecular complexity index is 299. The topological polar surface area (TPSA) is 29.3 Å². The molecule has 1 heterocycles. The Balaban J connectivity index is 2.43. The van der Waals surface area contributed by atoms with Gasteiger partial charge >= 0.3 is 0 Å². The largest absolute Gasteiger partial charge is 0.398 e. The van der Waals surface area contributed by atoms with Crippen molar-refractivity contribution in [2.24, 2.45) is 0 Å². The molecule has 0 amide bonds. The monoisotopic (exact) mass is 180 g/mol. The highest BCUT2D eigenvalue weighted by atomic mass is 31.0. The van der Waals surface area contributed by atoms with Crippen LogP contribution >= 0.6 is 9.39 Å². The van der Waals surface area contributed by atoms with E-state index in [1.54, 1.807) is 0 Å². The fourth-order valence-corrected chi connectivity index (χ4v) is 1.94. The molecule has 3 heteroatoms. The summed E-state index contributed by atoms with van der Waals surface area (Å²) in [4.78, 5) is 0. The number of anilines is 1. The molecule has 12 heavy (non-hydrogen) atoms. The molecule has 2 N–H and O–H groups in total. The van der Waals surface area contributed by atoms with Gasteiger partial charge in [-0.25, -0.2) is 0 Å². The van der Waals surface area contributed by atoms with E-state index in [1.165, 1.54) is 11.1 Å². The molecule has 1 aromatic rings. The van der Waals surface area contributed by atoms with Gasteiger partial charge in [0.1, 0.15) is 0 Å². The molecule has 0 fully saturated rings. The Hall–Kier alpha value is -0.590. The Kier molecular flexibility index (Phi) is 2.03. The van der Waals surface area contributed by atoms with Crippen molar-refractivity contribution < 1.29 is 0 Å². The van der Waals surface area contributed by atoms with Crippen molar-refractivity contribution in [3.05, 3.63) is 29.3 Å². The smallest absolute Gasteiger partial charge is 0.0362 e. The van der Waals surface area contributed by atoms with Crippen molar-refractivity contribution in [1.29, 1.82) is 0 Å². The SMILES string of the molecule is Nc1cccc2c1CN(P)CC2. The van der Waals surface area contributed by atoms with Crippen LogP contribution in [0.25, 0.3) is 0 Å². The molecule has 1 aliphatic heterocycles. The number of rotatable bonds is 0. The zero-order valence-corrected chi connectivity index (χ0v) is 8.11. The summed E-state index contributed by atoms with van der Waals surface area (Å²) in [5, 5.41) is 0. The summed E-state index contributed by atoms with van der Waals surface area (Å²) >= 11 is 0. The molecule has 64 valence electrons. The molecule has 0 spiro atoms. The Morgan fingerprint density at radius 3 is 3.08 bits per heavy atom. The normalized spacial score (nSPS) is 17.4. The van der Waals surface area contributed by atoms with E-state index in [4.69, 9.17) is 5.73 Å². The van der Waals surface area contributed by atoms with Crippen molar-refractivity contribution in [2.75, 3.05) is 12.3 Å². The summed E-state index contributed by atoms with van der Waals surface area (Å²) in [6.07, 6.45) is 1.11. The second-order valence-corrected chi connectivity index (χ2v) is 3.94. The number of fused-ring (bicyclic) bond motifs is 1. The first kappa shape index (κ1) is 8.03. The predicted octanol–water partition coefficient (Wildman–Crippen LogP) is 1.42. The zero-order valence-electron chi connectivity index (χ0n) is 6.96. The zero-order chi connectivity index (χ0) is 8.55. The quantitative estimate of drug-likeness (QED) is 0.483. The van der Waals surface area contributed by atoms with Crippen LogP contribution in [0.1, 0.15) is 11.1 Å². The van der Waals surface area contributed by atoms with Gasteiger partial charge in [-0.15, -0.1) is 0 Å². The molecule has 0 radical (unpaired) electrons. The first-order valence-electron chi connectivity index (χ1n) is 4.13. The van der Waals surface area contributed by atoms with Gasteiger partial charge in [0.05, 0.1) is 0 Å². The van der Waals surface area contributed by atoms with Gasteiger partial charge in [-0.1, -0.05) is 21.5 Å². The minimum absolute atomic E-state index is 0.930. The molecule has 1 atom stereocenters. The van der Waals surface area contributed by atoms with Crippen LogP contribution in [0.15, 0.2) is 18.2 Å². The second kappa shape index (κ2) is 3.04. The Labute approximate surface area is 75.0 Å². The van der Waals surface area contributed by atoms with E-state index in [1.807, 2.05) is 12.1 Å². The second-order valence-electron chi connectivity index (χ2n) is 3.21. The average molecular weight is 180 g/mol. The summed E-state index contributed by atoms with van der Waals surface area (Å²) in [5.74, 6) is 0. The van der Waals surface area contributed by atoms with E-state index in [-0.39, 0.29) is 0 Å². The van der Waals surface area contributed by atoms with Crippen molar-refractivity contribution in [1.82, 2.24) is 4.67 Å². The fraction of sp³-hybridized carbons (Fsp3) is 0.333. The lowest BCUT2D eigenvalue weighted by atomic mass is 10.00. The summed E-state index contributed by atoms with van der Waals surface area (Å²) in [5.41, 5.74) is 9.51. The molecule has 0 aliphatic carbocycles. The average Bonchev–Trinajstić information content (AvgIpc) is 2.07. The molecule has 1 unspecified atom stereocenters. The van der Waals surface area contributed by atoms with Crippen LogP contribution in [0.2, 0.25) is 0 Å². The highest BCUT2D eigenvalue weighted by molar-refractivity contribution is 7.13. The Morgan fingerprint density at radius 1 is 1.42 bits per heavy atom. The highest BCUT2D eigenvalue weighted by Crippen LogP contribution is 2.25. The number of nitrogens with zero attached hydrogens (tertiary/aromatic N) is 1. The van der Waals surface area contributed by atoms with Crippen LogP contribution in [-0.2, 0) is 13.0 Å². The summed E-state index contributed by atoms with van der Waals surface area (Å²) in [7, 11) is 2.73. The number of nitrogen functional groups attached to an aromatic ring is 1. The molecule has 2 rings (SSSR count). The van der Waals surface area contributed by atoms with Gasteiger partial charge in [-0.05, 0) is 23.6 Å². The first-order valence-corrected chi connectivity index (χ1v) is 4.65. The number of hydrogen-bond donors (Lipinski definition) is 1. The minimum Gasteiger partial charge on any atom is -0.398 e. The highest BCUT2D eigenvalue weighted by Gasteiger charge is 2.14. The maximum absolute atomic E-state index is 5.87. The first-order chi connectivity index (χ1) is 5.77. The number of nitrogens with two attached hydrogens (primary N) is 1. The molecule has 1 aromatic carbocycles. The van der Waals surface area contributed by atoms with Gasteiger partial charge in [-0.3, -0.25) is 4.67 Å². The standard InChI is InChI=1S/C9H13N2P/c10-9-3-1-2-7-4-5-11(12)6-8(7)9/h1-3H,4-6,10,12H2. The fourth-order valence-electron chi connectivity index (χ4n) is 1.63. The van der Waals surface area contributed by atoms with Gasteiger partial charge in [-0.2, -0.15) is 0 Å². The number of benzene rings is 1. The molecule has 0 aromatic heterocycles. The molecule has 2 nitrogen and oxygen atoms in total.